The first-order valence-corrected chi connectivity index (χ1v) is 6.65. The summed E-state index contributed by atoms with van der Waals surface area (Å²) < 4.78 is 51.4. The van der Waals surface area contributed by atoms with Crippen LogP contribution >= 0.6 is 15.9 Å². The van der Waals surface area contributed by atoms with Crippen molar-refractivity contribution in [3.05, 3.63) is 57.8 Å². The van der Waals surface area contributed by atoms with Gasteiger partial charge in [-0.3, -0.25) is 0 Å². The molecule has 0 aliphatic rings. The van der Waals surface area contributed by atoms with Gasteiger partial charge in [0.15, 0.2) is 0 Å². The Bertz CT molecular complexity index is 658. The van der Waals surface area contributed by atoms with Crippen LogP contribution in [-0.2, 0) is 12.7 Å². The maximum Gasteiger partial charge on any atom is 0.419 e. The number of phenolic OH excluding ortho intramolecular Hbond substituents is 1. The summed E-state index contributed by atoms with van der Waals surface area (Å²) in [5.74, 6) is -1.32. The molecule has 0 unspecified atom stereocenters. The Labute approximate surface area is 126 Å². The molecule has 0 saturated heterocycles. The zero-order chi connectivity index (χ0) is 15.6. The molecule has 0 amide bonds. The number of hydrogen-bond donors (Lipinski definition) is 2. The first-order valence-electron chi connectivity index (χ1n) is 5.86. The van der Waals surface area contributed by atoms with E-state index in [9.17, 15) is 22.7 Å². The van der Waals surface area contributed by atoms with E-state index >= 15 is 0 Å². The number of anilines is 1. The maximum atomic E-state index is 13.2. The van der Waals surface area contributed by atoms with Gasteiger partial charge in [-0.2, -0.15) is 13.2 Å². The Kier molecular flexibility index (Phi) is 4.41. The molecule has 0 heterocycles. The Balaban J connectivity index is 2.19. The molecule has 112 valence electrons. The van der Waals surface area contributed by atoms with Gasteiger partial charge in [-0.1, -0.05) is 12.1 Å². The van der Waals surface area contributed by atoms with Gasteiger partial charge in [0.1, 0.15) is 11.6 Å². The van der Waals surface area contributed by atoms with E-state index in [1.165, 1.54) is 6.07 Å². The van der Waals surface area contributed by atoms with Gasteiger partial charge >= 0.3 is 6.18 Å². The Morgan fingerprint density at radius 2 is 1.86 bits per heavy atom. The van der Waals surface area contributed by atoms with E-state index in [0.29, 0.717) is 16.1 Å². The largest absolute Gasteiger partial charge is 0.506 e. The fourth-order valence-corrected chi connectivity index (χ4v) is 2.16. The van der Waals surface area contributed by atoms with Crippen molar-refractivity contribution >= 4 is 21.6 Å². The molecule has 0 aromatic heterocycles. The van der Waals surface area contributed by atoms with Gasteiger partial charge in [0.05, 0.1) is 10.0 Å². The third-order valence-electron chi connectivity index (χ3n) is 2.83. The molecule has 7 heteroatoms. The van der Waals surface area contributed by atoms with Crippen molar-refractivity contribution in [2.45, 2.75) is 12.7 Å². The number of halogens is 5. The SMILES string of the molecule is Oc1c(Br)cccc1CNc1ccc(F)c(C(F)(F)F)c1. The van der Waals surface area contributed by atoms with Crippen molar-refractivity contribution in [2.24, 2.45) is 0 Å². The van der Waals surface area contributed by atoms with E-state index in [1.807, 2.05) is 0 Å². The minimum absolute atomic E-state index is 0.00292. The van der Waals surface area contributed by atoms with Crippen LogP contribution in [0.15, 0.2) is 40.9 Å². The number of para-hydroxylation sites is 1. The molecular weight excluding hydrogens is 354 g/mol. The Hall–Kier alpha value is -1.76. The lowest BCUT2D eigenvalue weighted by Crippen LogP contribution is -2.09. The number of aromatic hydroxyl groups is 1. The van der Waals surface area contributed by atoms with Crippen molar-refractivity contribution in [1.29, 1.82) is 0 Å². The van der Waals surface area contributed by atoms with E-state index in [-0.39, 0.29) is 18.0 Å². The third-order valence-corrected chi connectivity index (χ3v) is 3.46. The summed E-state index contributed by atoms with van der Waals surface area (Å²) >= 11 is 3.14. The summed E-state index contributed by atoms with van der Waals surface area (Å²) in [5.41, 5.74) is -0.712. The molecule has 0 aliphatic heterocycles. The fraction of sp³-hybridized carbons (Fsp3) is 0.143. The topological polar surface area (TPSA) is 32.3 Å². The molecule has 2 aromatic carbocycles. The molecule has 0 spiro atoms. The van der Waals surface area contributed by atoms with Crippen LogP contribution in [0.3, 0.4) is 0 Å². The van der Waals surface area contributed by atoms with Crippen LogP contribution in [0.25, 0.3) is 0 Å². The summed E-state index contributed by atoms with van der Waals surface area (Å²) in [6.45, 7) is 0.105. The molecule has 2 nitrogen and oxygen atoms in total. The summed E-state index contributed by atoms with van der Waals surface area (Å²) in [6.07, 6.45) is -4.75. The minimum atomic E-state index is -4.75. The molecule has 2 rings (SSSR count). The van der Waals surface area contributed by atoms with Gasteiger partial charge in [0.25, 0.3) is 0 Å². The normalized spacial score (nSPS) is 11.5. The van der Waals surface area contributed by atoms with E-state index in [2.05, 4.69) is 21.2 Å². The standard InChI is InChI=1S/C14H10BrF4NO/c15-11-3-1-2-8(13(11)21)7-20-9-4-5-12(16)10(6-9)14(17,18)19/h1-6,20-21H,7H2. The number of phenols is 1. The van der Waals surface area contributed by atoms with E-state index in [1.54, 1.807) is 18.2 Å². The van der Waals surface area contributed by atoms with E-state index in [0.717, 1.165) is 6.07 Å². The maximum absolute atomic E-state index is 13.2. The highest BCUT2D eigenvalue weighted by Gasteiger charge is 2.34. The van der Waals surface area contributed by atoms with Crippen LogP contribution in [-0.4, -0.2) is 5.11 Å². The van der Waals surface area contributed by atoms with Gasteiger partial charge in [-0.15, -0.1) is 0 Å². The monoisotopic (exact) mass is 363 g/mol. The smallest absolute Gasteiger partial charge is 0.419 e. The van der Waals surface area contributed by atoms with Crippen LogP contribution < -0.4 is 5.32 Å². The van der Waals surface area contributed by atoms with Crippen molar-refractivity contribution in [3.63, 3.8) is 0 Å². The average Bonchev–Trinajstić information content (AvgIpc) is 2.40. The first kappa shape index (κ1) is 15.6. The second-order valence-corrected chi connectivity index (χ2v) is 5.15. The summed E-state index contributed by atoms with van der Waals surface area (Å²) in [4.78, 5) is 0. The number of rotatable bonds is 3. The molecular formula is C14H10BrF4NO. The molecule has 2 aromatic rings. The molecule has 0 radical (unpaired) electrons. The number of nitrogens with one attached hydrogen (secondary N) is 1. The van der Waals surface area contributed by atoms with E-state index < -0.39 is 17.6 Å². The molecule has 21 heavy (non-hydrogen) atoms. The molecule has 0 bridgehead atoms. The zero-order valence-corrected chi connectivity index (χ0v) is 12.1. The van der Waals surface area contributed by atoms with Crippen molar-refractivity contribution < 1.29 is 22.7 Å². The molecule has 0 aliphatic carbocycles. The van der Waals surface area contributed by atoms with Crippen LogP contribution in [0.4, 0.5) is 23.2 Å². The summed E-state index contributed by atoms with van der Waals surface area (Å²) in [5, 5.41) is 12.5. The van der Waals surface area contributed by atoms with Gasteiger partial charge in [-0.25, -0.2) is 4.39 Å². The number of benzene rings is 2. The van der Waals surface area contributed by atoms with Gasteiger partial charge in [0, 0.05) is 17.8 Å². The molecule has 0 saturated carbocycles. The predicted molar refractivity (Wildman–Crippen MR) is 74.5 cm³/mol. The zero-order valence-electron chi connectivity index (χ0n) is 10.5. The molecule has 0 atom stereocenters. The van der Waals surface area contributed by atoms with Crippen molar-refractivity contribution in [3.8, 4) is 5.75 Å². The Morgan fingerprint density at radius 3 is 2.52 bits per heavy atom. The number of hydrogen-bond acceptors (Lipinski definition) is 2. The fourth-order valence-electron chi connectivity index (χ4n) is 1.75. The highest BCUT2D eigenvalue weighted by atomic mass is 79.9. The summed E-state index contributed by atoms with van der Waals surface area (Å²) in [6, 6.07) is 7.61. The van der Waals surface area contributed by atoms with Crippen molar-refractivity contribution in [1.82, 2.24) is 0 Å². The second-order valence-electron chi connectivity index (χ2n) is 4.29. The highest BCUT2D eigenvalue weighted by Crippen LogP contribution is 2.33. The lowest BCUT2D eigenvalue weighted by molar-refractivity contribution is -0.139. The molecule has 2 N–H and O–H groups in total. The average molecular weight is 364 g/mol. The first-order chi connectivity index (χ1) is 9.79. The summed E-state index contributed by atoms with van der Waals surface area (Å²) in [7, 11) is 0. The van der Waals surface area contributed by atoms with Gasteiger partial charge in [0.2, 0.25) is 0 Å². The second kappa shape index (κ2) is 5.93. The molecule has 0 fully saturated rings. The van der Waals surface area contributed by atoms with E-state index in [4.69, 9.17) is 0 Å². The highest BCUT2D eigenvalue weighted by molar-refractivity contribution is 9.10. The third kappa shape index (κ3) is 3.66. The lowest BCUT2D eigenvalue weighted by atomic mass is 10.1. The Morgan fingerprint density at radius 1 is 1.14 bits per heavy atom. The van der Waals surface area contributed by atoms with Crippen molar-refractivity contribution in [2.75, 3.05) is 5.32 Å². The van der Waals surface area contributed by atoms with Crippen LogP contribution in [0.5, 0.6) is 5.75 Å². The van der Waals surface area contributed by atoms with Crippen LogP contribution in [0, 0.1) is 5.82 Å². The lowest BCUT2D eigenvalue weighted by Gasteiger charge is -2.12. The van der Waals surface area contributed by atoms with Gasteiger partial charge < -0.3 is 10.4 Å². The predicted octanol–water partition coefficient (Wildman–Crippen LogP) is 4.92. The van der Waals surface area contributed by atoms with Crippen LogP contribution in [0.1, 0.15) is 11.1 Å². The minimum Gasteiger partial charge on any atom is -0.506 e. The van der Waals surface area contributed by atoms with Crippen LogP contribution in [0.2, 0.25) is 0 Å². The number of alkyl halides is 3. The van der Waals surface area contributed by atoms with Gasteiger partial charge in [-0.05, 0) is 40.2 Å². The quantitative estimate of drug-likeness (QED) is 0.758.